The third kappa shape index (κ3) is 3.22. The third-order valence-corrected chi connectivity index (χ3v) is 6.97. The SMILES string of the molecule is CC[C@@H]1CC[C@@H]2CC(c3cc4cc(F)cc(F)c4c(F)c3C#N)CCC2C1. The first kappa shape index (κ1) is 18.3. The van der Waals surface area contributed by atoms with Crippen molar-refractivity contribution >= 4 is 10.8 Å². The van der Waals surface area contributed by atoms with Crippen LogP contribution in [0.4, 0.5) is 13.2 Å². The predicted octanol–water partition coefficient (Wildman–Crippen LogP) is 6.84. The number of hydrogen-bond acceptors (Lipinski definition) is 1. The van der Waals surface area contributed by atoms with Crippen LogP contribution in [0.3, 0.4) is 0 Å². The van der Waals surface area contributed by atoms with E-state index in [1.807, 2.05) is 6.07 Å². The van der Waals surface area contributed by atoms with Crippen LogP contribution in [0.25, 0.3) is 10.8 Å². The Balaban J connectivity index is 1.71. The number of nitrogens with zero attached hydrogens (tertiary/aromatic N) is 1. The standard InChI is InChI=1S/C23H24F3N/c1-2-13-3-4-15-8-16(6-5-14(15)7-13)19-10-17-9-18(24)11-21(25)22(17)23(26)20(19)12-27/h9-11,13-16H,2-8H2,1H3/t13-,14?,15-,16?/m1/s1. The maximum Gasteiger partial charge on any atom is 0.152 e. The summed E-state index contributed by atoms with van der Waals surface area (Å²) >= 11 is 0. The summed E-state index contributed by atoms with van der Waals surface area (Å²) in [6, 6.07) is 5.42. The molecule has 0 aliphatic heterocycles. The van der Waals surface area contributed by atoms with Gasteiger partial charge >= 0.3 is 0 Å². The van der Waals surface area contributed by atoms with Gasteiger partial charge in [-0.15, -0.1) is 0 Å². The van der Waals surface area contributed by atoms with Crippen LogP contribution in [-0.2, 0) is 0 Å². The number of nitriles is 1. The number of hydrogen-bond donors (Lipinski definition) is 0. The van der Waals surface area contributed by atoms with Gasteiger partial charge in [-0.2, -0.15) is 5.26 Å². The van der Waals surface area contributed by atoms with E-state index < -0.39 is 17.5 Å². The van der Waals surface area contributed by atoms with E-state index in [0.29, 0.717) is 17.5 Å². The lowest BCUT2D eigenvalue weighted by Crippen LogP contribution is -2.30. The molecule has 0 aromatic heterocycles. The highest BCUT2D eigenvalue weighted by Crippen LogP contribution is 2.49. The van der Waals surface area contributed by atoms with E-state index in [9.17, 15) is 18.4 Å². The van der Waals surface area contributed by atoms with Gasteiger partial charge in [0.15, 0.2) is 5.82 Å². The van der Waals surface area contributed by atoms with Crippen LogP contribution in [0.15, 0.2) is 18.2 Å². The van der Waals surface area contributed by atoms with E-state index in [0.717, 1.165) is 37.2 Å². The number of rotatable bonds is 2. The first-order chi connectivity index (χ1) is 13.0. The van der Waals surface area contributed by atoms with Crippen molar-refractivity contribution in [2.24, 2.45) is 17.8 Å². The van der Waals surface area contributed by atoms with Crippen LogP contribution >= 0.6 is 0 Å². The summed E-state index contributed by atoms with van der Waals surface area (Å²) in [5.41, 5.74) is 0.558. The van der Waals surface area contributed by atoms with Gasteiger partial charge in [0.1, 0.15) is 17.7 Å². The first-order valence-electron chi connectivity index (χ1n) is 10.0. The van der Waals surface area contributed by atoms with E-state index in [4.69, 9.17) is 0 Å². The van der Waals surface area contributed by atoms with Gasteiger partial charge in [0.05, 0.1) is 10.9 Å². The van der Waals surface area contributed by atoms with E-state index in [1.165, 1.54) is 25.7 Å². The Morgan fingerprint density at radius 3 is 2.48 bits per heavy atom. The van der Waals surface area contributed by atoms with Gasteiger partial charge in [0.25, 0.3) is 0 Å². The molecule has 2 aromatic carbocycles. The molecule has 0 N–H and O–H groups in total. The number of benzene rings is 2. The molecule has 0 radical (unpaired) electrons. The van der Waals surface area contributed by atoms with Gasteiger partial charge in [-0.3, -0.25) is 0 Å². The Morgan fingerprint density at radius 2 is 1.74 bits per heavy atom. The minimum atomic E-state index is -0.952. The molecule has 4 atom stereocenters. The molecule has 2 unspecified atom stereocenters. The molecule has 0 amide bonds. The number of fused-ring (bicyclic) bond motifs is 2. The maximum atomic E-state index is 14.9. The molecule has 1 nitrogen and oxygen atoms in total. The zero-order valence-corrected chi connectivity index (χ0v) is 15.6. The summed E-state index contributed by atoms with van der Waals surface area (Å²) in [6.07, 6.45) is 7.90. The molecule has 27 heavy (non-hydrogen) atoms. The molecule has 0 heterocycles. The highest BCUT2D eigenvalue weighted by Gasteiger charge is 2.36. The first-order valence-corrected chi connectivity index (χ1v) is 10.0. The van der Waals surface area contributed by atoms with Crippen LogP contribution in [0, 0.1) is 46.5 Å². The van der Waals surface area contributed by atoms with E-state index >= 15 is 0 Å². The lowest BCUT2D eigenvalue weighted by Gasteiger charge is -2.42. The smallest absolute Gasteiger partial charge is 0.152 e. The van der Waals surface area contributed by atoms with Crippen LogP contribution in [0.2, 0.25) is 0 Å². The van der Waals surface area contributed by atoms with Crippen molar-refractivity contribution in [2.45, 2.75) is 57.8 Å². The van der Waals surface area contributed by atoms with Crippen LogP contribution in [0.1, 0.15) is 68.9 Å². The van der Waals surface area contributed by atoms with E-state index in [2.05, 4.69) is 6.92 Å². The highest BCUT2D eigenvalue weighted by molar-refractivity contribution is 5.86. The Hall–Kier alpha value is -2.02. The second kappa shape index (κ2) is 7.19. The Morgan fingerprint density at radius 1 is 1.00 bits per heavy atom. The molecule has 2 aliphatic carbocycles. The normalized spacial score (nSPS) is 28.0. The zero-order valence-electron chi connectivity index (χ0n) is 15.6. The van der Waals surface area contributed by atoms with E-state index in [-0.39, 0.29) is 22.3 Å². The van der Waals surface area contributed by atoms with Gasteiger partial charge in [-0.25, -0.2) is 13.2 Å². The minimum absolute atomic E-state index is 0.0706. The van der Waals surface area contributed by atoms with Crippen molar-refractivity contribution in [3.8, 4) is 6.07 Å². The summed E-state index contributed by atoms with van der Waals surface area (Å²) in [6.45, 7) is 2.26. The van der Waals surface area contributed by atoms with Crippen LogP contribution in [-0.4, -0.2) is 0 Å². The Kier molecular flexibility index (Phi) is 4.88. The lowest BCUT2D eigenvalue weighted by molar-refractivity contribution is 0.116. The average Bonchev–Trinajstić information content (AvgIpc) is 2.66. The molecular weight excluding hydrogens is 347 g/mol. The molecule has 0 saturated heterocycles. The molecule has 2 fully saturated rings. The predicted molar refractivity (Wildman–Crippen MR) is 99.7 cm³/mol. The average molecular weight is 371 g/mol. The topological polar surface area (TPSA) is 23.8 Å². The second-order valence-electron chi connectivity index (χ2n) is 8.37. The largest absolute Gasteiger partial charge is 0.207 e. The van der Waals surface area contributed by atoms with E-state index in [1.54, 1.807) is 6.07 Å². The van der Waals surface area contributed by atoms with Gasteiger partial charge in [-0.05, 0) is 78.9 Å². The Bertz CT molecular complexity index is 914. The molecule has 2 aromatic rings. The van der Waals surface area contributed by atoms with Crippen molar-refractivity contribution in [2.75, 3.05) is 0 Å². The van der Waals surface area contributed by atoms with Crippen molar-refractivity contribution in [3.63, 3.8) is 0 Å². The third-order valence-electron chi connectivity index (χ3n) is 6.97. The van der Waals surface area contributed by atoms with Crippen LogP contribution in [0.5, 0.6) is 0 Å². The molecule has 0 bridgehead atoms. The van der Waals surface area contributed by atoms with Gasteiger partial charge in [0, 0.05) is 6.07 Å². The number of halogens is 3. The van der Waals surface area contributed by atoms with Crippen molar-refractivity contribution < 1.29 is 13.2 Å². The lowest BCUT2D eigenvalue weighted by atomic mass is 9.63. The fourth-order valence-electron chi connectivity index (χ4n) is 5.51. The molecule has 2 saturated carbocycles. The summed E-state index contributed by atoms with van der Waals surface area (Å²) < 4.78 is 42.7. The Labute approximate surface area is 158 Å². The summed E-state index contributed by atoms with van der Waals surface area (Å²) in [7, 11) is 0. The molecule has 4 heteroatoms. The van der Waals surface area contributed by atoms with Gasteiger partial charge in [0.2, 0.25) is 0 Å². The van der Waals surface area contributed by atoms with Gasteiger partial charge < -0.3 is 0 Å². The summed E-state index contributed by atoms with van der Waals surface area (Å²) in [5.74, 6) is -0.277. The second-order valence-corrected chi connectivity index (χ2v) is 8.37. The minimum Gasteiger partial charge on any atom is -0.207 e. The maximum absolute atomic E-state index is 14.9. The molecule has 2 aliphatic rings. The molecule has 142 valence electrons. The summed E-state index contributed by atoms with van der Waals surface area (Å²) in [5, 5.41) is 9.47. The fourth-order valence-corrected chi connectivity index (χ4v) is 5.51. The summed E-state index contributed by atoms with van der Waals surface area (Å²) in [4.78, 5) is 0. The highest BCUT2D eigenvalue weighted by atomic mass is 19.1. The van der Waals surface area contributed by atoms with Crippen molar-refractivity contribution in [3.05, 3.63) is 46.8 Å². The zero-order chi connectivity index (χ0) is 19.1. The van der Waals surface area contributed by atoms with Gasteiger partial charge in [-0.1, -0.05) is 19.8 Å². The fraction of sp³-hybridized carbons (Fsp3) is 0.522. The van der Waals surface area contributed by atoms with Crippen LogP contribution < -0.4 is 0 Å². The van der Waals surface area contributed by atoms with Crippen molar-refractivity contribution in [1.82, 2.24) is 0 Å². The van der Waals surface area contributed by atoms with Crippen molar-refractivity contribution in [1.29, 1.82) is 5.26 Å². The molecular formula is C23H24F3N. The quantitative estimate of drug-likeness (QED) is 0.567. The molecule has 0 spiro atoms. The molecule has 4 rings (SSSR count). The monoisotopic (exact) mass is 371 g/mol.